The minimum atomic E-state index is -0.572. The molecule has 0 amide bonds. The zero-order chi connectivity index (χ0) is 24.4. The van der Waals surface area contributed by atoms with E-state index in [4.69, 9.17) is 10.7 Å². The van der Waals surface area contributed by atoms with Gasteiger partial charge < -0.3 is 15.2 Å². The highest BCUT2D eigenvalue weighted by Crippen LogP contribution is 2.24. The van der Waals surface area contributed by atoms with Crippen LogP contribution in [0.3, 0.4) is 0 Å². The van der Waals surface area contributed by atoms with E-state index in [1.807, 2.05) is 54.8 Å². The number of hydrogen-bond donors (Lipinski definition) is 1. The average molecular weight is 484 g/mol. The number of fused-ring (bicyclic) bond motifs is 1. The number of benzene rings is 1. The fourth-order valence-corrected chi connectivity index (χ4v) is 4.90. The van der Waals surface area contributed by atoms with Crippen LogP contribution in [0.1, 0.15) is 37.5 Å². The van der Waals surface area contributed by atoms with Gasteiger partial charge in [0, 0.05) is 42.5 Å². The minimum Gasteiger partial charge on any atom is -0.341 e. The number of imidazole rings is 1. The lowest BCUT2D eigenvalue weighted by molar-refractivity contribution is 0.495. The zero-order valence-electron chi connectivity index (χ0n) is 19.8. The van der Waals surface area contributed by atoms with Crippen LogP contribution >= 0.6 is 0 Å². The number of aromatic nitrogens is 4. The summed E-state index contributed by atoms with van der Waals surface area (Å²) in [6.07, 6.45) is 3.92. The molecule has 0 saturated carbocycles. The summed E-state index contributed by atoms with van der Waals surface area (Å²) in [6.45, 7) is 5.86. The fourth-order valence-electron chi connectivity index (χ4n) is 4.43. The summed E-state index contributed by atoms with van der Waals surface area (Å²) in [5.74, 6) is 0.644. The third-order valence-electron chi connectivity index (χ3n) is 6.27. The second-order valence-corrected chi connectivity index (χ2v) is 9.84. The van der Waals surface area contributed by atoms with Crippen LogP contribution in [0.15, 0.2) is 51.6 Å². The Morgan fingerprint density at radius 1 is 1.24 bits per heavy atom. The second kappa shape index (κ2) is 10.0. The maximum atomic E-state index is 13.7. The van der Waals surface area contributed by atoms with Gasteiger partial charge in [-0.05, 0) is 26.7 Å². The molecule has 9 nitrogen and oxygen atoms in total. The average Bonchev–Trinajstić information content (AvgIpc) is 3.22. The van der Waals surface area contributed by atoms with E-state index in [-0.39, 0.29) is 12.6 Å². The standard InChI is InChI=1S/C24H31N6O3S/c1-16(2)11-13-29-20-21(26-23(29)28-12-7-10-18(25)14-28)27(3)24(32)30(22(20)31)15-19(34-33)17-8-5-4-6-9-17/h4-6,8-9,11,18-19H,7,10,12-15,25H2,1-3H3/q+1. The molecule has 1 fully saturated rings. The number of allylic oxidation sites excluding steroid dienone is 2. The first-order valence-corrected chi connectivity index (χ1v) is 12.3. The van der Waals surface area contributed by atoms with Gasteiger partial charge in [-0.25, -0.2) is 4.79 Å². The van der Waals surface area contributed by atoms with E-state index >= 15 is 0 Å². The molecule has 2 atom stereocenters. The minimum absolute atomic E-state index is 0.0165. The normalized spacial score (nSPS) is 17.1. The fraction of sp³-hybridized carbons (Fsp3) is 0.458. The molecule has 0 aliphatic carbocycles. The first kappa shape index (κ1) is 24.0. The number of nitrogens with zero attached hydrogens (tertiary/aromatic N) is 5. The lowest BCUT2D eigenvalue weighted by atomic mass is 10.1. The van der Waals surface area contributed by atoms with Crippen molar-refractivity contribution in [3.63, 3.8) is 0 Å². The van der Waals surface area contributed by atoms with Gasteiger partial charge in [-0.3, -0.25) is 13.9 Å². The Bertz CT molecular complexity index is 1340. The Kier molecular flexibility index (Phi) is 7.08. The quantitative estimate of drug-likeness (QED) is 0.407. The maximum Gasteiger partial charge on any atom is 0.469 e. The highest BCUT2D eigenvalue weighted by Gasteiger charge is 2.30. The highest BCUT2D eigenvalue weighted by molar-refractivity contribution is 7.65. The third kappa shape index (κ3) is 4.60. The number of rotatable bonds is 7. The topological polar surface area (TPSA) is 108 Å². The molecule has 0 spiro atoms. The lowest BCUT2D eigenvalue weighted by Crippen LogP contribution is -2.44. The van der Waals surface area contributed by atoms with Crippen molar-refractivity contribution in [1.29, 1.82) is 0 Å². The largest absolute Gasteiger partial charge is 0.469 e. The molecular weight excluding hydrogens is 452 g/mol. The summed E-state index contributed by atoms with van der Waals surface area (Å²) in [6, 6.07) is 9.25. The van der Waals surface area contributed by atoms with E-state index in [1.54, 1.807) is 7.05 Å². The number of piperidine rings is 1. The van der Waals surface area contributed by atoms with E-state index in [0.717, 1.165) is 35.1 Å². The van der Waals surface area contributed by atoms with Crippen molar-refractivity contribution < 1.29 is 4.21 Å². The van der Waals surface area contributed by atoms with Crippen LogP contribution < -0.4 is 21.9 Å². The Hall–Kier alpha value is -3.11. The van der Waals surface area contributed by atoms with Crippen LogP contribution in [0.2, 0.25) is 0 Å². The molecular formula is C24H31N6O3S+. The summed E-state index contributed by atoms with van der Waals surface area (Å²) in [5.41, 5.74) is 7.88. The van der Waals surface area contributed by atoms with Crippen molar-refractivity contribution in [2.45, 2.75) is 51.1 Å². The molecule has 1 aromatic carbocycles. The summed E-state index contributed by atoms with van der Waals surface area (Å²) in [4.78, 5) is 33.8. The Morgan fingerprint density at radius 3 is 2.62 bits per heavy atom. The van der Waals surface area contributed by atoms with E-state index in [2.05, 4.69) is 4.90 Å². The zero-order valence-corrected chi connectivity index (χ0v) is 20.6. The van der Waals surface area contributed by atoms with Crippen LogP contribution in [0.5, 0.6) is 0 Å². The molecule has 2 N–H and O–H groups in total. The van der Waals surface area contributed by atoms with Crippen LogP contribution in [-0.4, -0.2) is 37.8 Å². The van der Waals surface area contributed by atoms with Gasteiger partial charge in [0.05, 0.1) is 6.54 Å². The van der Waals surface area contributed by atoms with Crippen molar-refractivity contribution in [2.24, 2.45) is 12.8 Å². The summed E-state index contributed by atoms with van der Waals surface area (Å²) >= 11 is 0.381. The molecule has 34 heavy (non-hydrogen) atoms. The van der Waals surface area contributed by atoms with Crippen molar-refractivity contribution in [2.75, 3.05) is 18.0 Å². The van der Waals surface area contributed by atoms with Crippen molar-refractivity contribution >= 4 is 28.8 Å². The Morgan fingerprint density at radius 2 is 1.97 bits per heavy atom. The molecule has 3 heterocycles. The molecule has 180 valence electrons. The lowest BCUT2D eigenvalue weighted by Gasteiger charge is -2.31. The molecule has 1 aliphatic heterocycles. The number of nitrogens with two attached hydrogens (primary N) is 1. The molecule has 10 heteroatoms. The van der Waals surface area contributed by atoms with Crippen molar-refractivity contribution in [3.8, 4) is 0 Å². The molecule has 0 bridgehead atoms. The molecule has 0 radical (unpaired) electrons. The summed E-state index contributed by atoms with van der Waals surface area (Å²) in [5, 5.41) is -0.572. The van der Waals surface area contributed by atoms with Gasteiger partial charge in [-0.15, -0.1) is 0 Å². The molecule has 2 aromatic heterocycles. The van der Waals surface area contributed by atoms with Crippen LogP contribution in [-0.2, 0) is 36.0 Å². The molecule has 2 unspecified atom stereocenters. The van der Waals surface area contributed by atoms with Crippen molar-refractivity contribution in [3.05, 3.63) is 68.4 Å². The number of hydrogen-bond acceptors (Lipinski definition) is 6. The maximum absolute atomic E-state index is 13.7. The molecule has 1 saturated heterocycles. The van der Waals surface area contributed by atoms with E-state index in [0.29, 0.717) is 41.9 Å². The smallest absolute Gasteiger partial charge is 0.341 e. The Labute approximate surface area is 202 Å². The van der Waals surface area contributed by atoms with Crippen molar-refractivity contribution in [1.82, 2.24) is 18.7 Å². The van der Waals surface area contributed by atoms with Gasteiger partial charge in [0.25, 0.3) is 10.8 Å². The first-order chi connectivity index (χ1) is 16.3. The van der Waals surface area contributed by atoms with E-state index < -0.39 is 16.5 Å². The van der Waals surface area contributed by atoms with Gasteiger partial charge >= 0.3 is 17.4 Å². The predicted octanol–water partition coefficient (Wildman–Crippen LogP) is 1.96. The van der Waals surface area contributed by atoms with Gasteiger partial charge in [0.1, 0.15) is 0 Å². The van der Waals surface area contributed by atoms with Crippen LogP contribution in [0, 0.1) is 0 Å². The molecule has 3 aromatic rings. The van der Waals surface area contributed by atoms with Gasteiger partial charge in [-0.1, -0.05) is 42.0 Å². The summed E-state index contributed by atoms with van der Waals surface area (Å²) < 4.78 is 16.4. The SMILES string of the molecule is CC(C)=CCn1c(N2CCCC(N)C2)nc2c1c(=O)n(CC([S+]=O)c1ccccc1)c(=O)n2C. The monoisotopic (exact) mass is 483 g/mol. The summed E-state index contributed by atoms with van der Waals surface area (Å²) in [7, 11) is 1.62. The molecule has 1 aliphatic rings. The van der Waals surface area contributed by atoms with Gasteiger partial charge in [0.2, 0.25) is 5.95 Å². The first-order valence-electron chi connectivity index (χ1n) is 11.5. The van der Waals surface area contributed by atoms with Crippen LogP contribution in [0.4, 0.5) is 5.95 Å². The highest BCUT2D eigenvalue weighted by atomic mass is 32.1. The predicted molar refractivity (Wildman–Crippen MR) is 135 cm³/mol. The third-order valence-corrected chi connectivity index (χ3v) is 6.92. The van der Waals surface area contributed by atoms with E-state index in [9.17, 15) is 13.8 Å². The van der Waals surface area contributed by atoms with Gasteiger partial charge in [-0.2, -0.15) is 4.98 Å². The number of aryl methyl sites for hydroxylation is 1. The Balaban J connectivity index is 1.90. The van der Waals surface area contributed by atoms with E-state index in [1.165, 1.54) is 4.57 Å². The van der Waals surface area contributed by atoms with Gasteiger partial charge in [0.15, 0.2) is 11.2 Å². The van der Waals surface area contributed by atoms with Crippen LogP contribution in [0.25, 0.3) is 11.2 Å². The second-order valence-electron chi connectivity index (χ2n) is 9.08. The number of anilines is 1. The molecule has 4 rings (SSSR count).